The number of esters is 2. The van der Waals surface area contributed by atoms with Gasteiger partial charge in [0.15, 0.2) is 0 Å². The second-order valence-corrected chi connectivity index (χ2v) is 8.50. The average Bonchev–Trinajstić information content (AvgIpc) is 3.55. The Hall–Kier alpha value is -3.60. The number of urea groups is 1. The van der Waals surface area contributed by atoms with Crippen molar-refractivity contribution in [2.45, 2.75) is 25.9 Å². The molecule has 3 amide bonds. The van der Waals surface area contributed by atoms with Crippen LogP contribution >= 0.6 is 11.3 Å². The van der Waals surface area contributed by atoms with Crippen LogP contribution in [0.1, 0.15) is 30.0 Å². The van der Waals surface area contributed by atoms with Crippen molar-refractivity contribution >= 4 is 35.2 Å². The molecule has 2 aliphatic heterocycles. The molecular weight excluding hydrogens is 450 g/mol. The molecule has 1 fully saturated rings. The number of hydrogen-bond acceptors (Lipinski definition) is 8. The van der Waals surface area contributed by atoms with E-state index in [4.69, 9.17) is 13.9 Å². The van der Waals surface area contributed by atoms with Crippen molar-refractivity contribution in [3.8, 4) is 0 Å². The third kappa shape index (κ3) is 5.08. The first kappa shape index (κ1) is 22.6. The van der Waals surface area contributed by atoms with E-state index in [-0.39, 0.29) is 49.9 Å². The molecule has 1 saturated heterocycles. The molecule has 4 rings (SSSR count). The Morgan fingerprint density at radius 1 is 1.24 bits per heavy atom. The summed E-state index contributed by atoms with van der Waals surface area (Å²) in [4.78, 5) is 52.2. The van der Waals surface area contributed by atoms with E-state index >= 15 is 0 Å². The SMILES string of the molecule is CCOC(=O)C1=C(COC(=O)[C@@H]2CC(=O)N(Cc3ccco3)C2)NC(=O)N[C@@H]1c1cccs1. The fourth-order valence-electron chi connectivity index (χ4n) is 3.79. The minimum atomic E-state index is -0.719. The van der Waals surface area contributed by atoms with Gasteiger partial charge in [0.1, 0.15) is 12.4 Å². The summed E-state index contributed by atoms with van der Waals surface area (Å²) in [5.74, 6) is -1.40. The molecule has 33 heavy (non-hydrogen) atoms. The molecule has 2 N–H and O–H groups in total. The maximum absolute atomic E-state index is 12.7. The maximum atomic E-state index is 12.7. The average molecular weight is 474 g/mol. The van der Waals surface area contributed by atoms with E-state index < -0.39 is 29.9 Å². The molecule has 11 heteroatoms. The molecule has 2 aliphatic rings. The number of thiophene rings is 1. The number of likely N-dealkylation sites (tertiary alicyclic amines) is 1. The summed E-state index contributed by atoms with van der Waals surface area (Å²) in [5.41, 5.74) is 0.328. The van der Waals surface area contributed by atoms with E-state index in [1.165, 1.54) is 22.5 Å². The Bertz CT molecular complexity index is 1060. The highest BCUT2D eigenvalue weighted by atomic mass is 32.1. The number of carbonyl (C=O) groups is 4. The van der Waals surface area contributed by atoms with E-state index in [0.717, 1.165) is 4.88 Å². The predicted octanol–water partition coefficient (Wildman–Crippen LogP) is 2.10. The number of rotatable bonds is 8. The van der Waals surface area contributed by atoms with Gasteiger partial charge in [0.2, 0.25) is 5.91 Å². The van der Waals surface area contributed by atoms with Crippen molar-refractivity contribution < 1.29 is 33.1 Å². The summed E-state index contributed by atoms with van der Waals surface area (Å²) < 4.78 is 15.9. The van der Waals surface area contributed by atoms with Gasteiger partial charge in [-0.05, 0) is 30.5 Å². The summed E-state index contributed by atoms with van der Waals surface area (Å²) in [6.45, 7) is 1.98. The number of nitrogens with one attached hydrogen (secondary N) is 2. The molecule has 10 nitrogen and oxygen atoms in total. The lowest BCUT2D eigenvalue weighted by Crippen LogP contribution is -2.47. The third-order valence-electron chi connectivity index (χ3n) is 5.31. The van der Waals surface area contributed by atoms with Gasteiger partial charge in [-0.1, -0.05) is 6.07 Å². The standard InChI is InChI=1S/C22H23N3O7S/c1-2-30-21(28)18-15(23-22(29)24-19(18)16-6-4-8-33-16)12-32-20(27)13-9-17(26)25(10-13)11-14-5-3-7-31-14/h3-8,13,19H,2,9-12H2,1H3,(H2,23,24,29)/t13-,19-/m1/s1. The van der Waals surface area contributed by atoms with Gasteiger partial charge in [0.25, 0.3) is 0 Å². The smallest absolute Gasteiger partial charge is 0.338 e. The van der Waals surface area contributed by atoms with Crippen LogP contribution in [0.5, 0.6) is 0 Å². The van der Waals surface area contributed by atoms with Gasteiger partial charge >= 0.3 is 18.0 Å². The number of nitrogens with zero attached hydrogens (tertiary/aromatic N) is 1. The van der Waals surface area contributed by atoms with Crippen molar-refractivity contribution in [2.75, 3.05) is 19.8 Å². The Morgan fingerprint density at radius 2 is 2.09 bits per heavy atom. The van der Waals surface area contributed by atoms with Gasteiger partial charge in [-0.25, -0.2) is 9.59 Å². The number of hydrogen-bond donors (Lipinski definition) is 2. The molecule has 0 saturated carbocycles. The monoisotopic (exact) mass is 473 g/mol. The zero-order chi connectivity index (χ0) is 23.4. The second kappa shape index (κ2) is 9.90. The summed E-state index contributed by atoms with van der Waals surface area (Å²) in [5, 5.41) is 7.10. The van der Waals surface area contributed by atoms with Gasteiger partial charge in [0.05, 0.1) is 42.6 Å². The second-order valence-electron chi connectivity index (χ2n) is 7.52. The van der Waals surface area contributed by atoms with Gasteiger partial charge in [0, 0.05) is 17.8 Å². The van der Waals surface area contributed by atoms with Crippen LogP contribution in [0.3, 0.4) is 0 Å². The van der Waals surface area contributed by atoms with Crippen molar-refractivity contribution in [1.82, 2.24) is 15.5 Å². The highest BCUT2D eigenvalue weighted by Gasteiger charge is 2.38. The molecule has 2 aromatic heterocycles. The largest absolute Gasteiger partial charge is 0.467 e. The summed E-state index contributed by atoms with van der Waals surface area (Å²) in [6, 6.07) is 5.85. The van der Waals surface area contributed by atoms with E-state index in [0.29, 0.717) is 5.76 Å². The zero-order valence-corrected chi connectivity index (χ0v) is 18.7. The molecule has 0 radical (unpaired) electrons. The predicted molar refractivity (Wildman–Crippen MR) is 116 cm³/mol. The van der Waals surface area contributed by atoms with Crippen LogP contribution in [0.25, 0.3) is 0 Å². The normalized spacial score (nSPS) is 20.5. The number of ether oxygens (including phenoxy) is 2. The molecule has 0 spiro atoms. The van der Waals surface area contributed by atoms with Crippen LogP contribution in [-0.2, 0) is 30.4 Å². The minimum absolute atomic E-state index is 0.0229. The van der Waals surface area contributed by atoms with Crippen LogP contribution in [0.4, 0.5) is 4.79 Å². The summed E-state index contributed by atoms with van der Waals surface area (Å²) >= 11 is 1.38. The van der Waals surface area contributed by atoms with Gasteiger partial charge < -0.3 is 29.4 Å². The first-order chi connectivity index (χ1) is 16.0. The lowest BCUT2D eigenvalue weighted by molar-refractivity contribution is -0.148. The molecule has 2 atom stereocenters. The van der Waals surface area contributed by atoms with Gasteiger partial charge in [-0.3, -0.25) is 9.59 Å². The Morgan fingerprint density at radius 3 is 2.79 bits per heavy atom. The summed E-state index contributed by atoms with van der Waals surface area (Å²) in [7, 11) is 0. The van der Waals surface area contributed by atoms with E-state index in [9.17, 15) is 19.2 Å². The molecule has 174 valence electrons. The van der Waals surface area contributed by atoms with E-state index in [1.54, 1.807) is 25.1 Å². The van der Waals surface area contributed by atoms with Crippen molar-refractivity contribution in [3.05, 3.63) is 57.8 Å². The van der Waals surface area contributed by atoms with Crippen molar-refractivity contribution in [1.29, 1.82) is 0 Å². The zero-order valence-electron chi connectivity index (χ0n) is 17.9. The number of amides is 3. The van der Waals surface area contributed by atoms with Crippen LogP contribution in [-0.4, -0.2) is 48.5 Å². The first-order valence-corrected chi connectivity index (χ1v) is 11.3. The molecule has 0 aliphatic carbocycles. The van der Waals surface area contributed by atoms with Crippen LogP contribution in [0.15, 0.2) is 51.6 Å². The molecule has 0 bridgehead atoms. The Balaban J connectivity index is 1.47. The third-order valence-corrected chi connectivity index (χ3v) is 6.25. The number of carbonyl (C=O) groups excluding carboxylic acids is 4. The topological polar surface area (TPSA) is 127 Å². The van der Waals surface area contributed by atoms with Crippen molar-refractivity contribution in [3.63, 3.8) is 0 Å². The minimum Gasteiger partial charge on any atom is -0.467 e. The van der Waals surface area contributed by atoms with E-state index in [1.807, 2.05) is 11.4 Å². The van der Waals surface area contributed by atoms with E-state index in [2.05, 4.69) is 10.6 Å². The lowest BCUT2D eigenvalue weighted by Gasteiger charge is -2.28. The molecule has 0 unspecified atom stereocenters. The first-order valence-electron chi connectivity index (χ1n) is 10.4. The van der Waals surface area contributed by atoms with Crippen LogP contribution < -0.4 is 10.6 Å². The maximum Gasteiger partial charge on any atom is 0.338 e. The quantitative estimate of drug-likeness (QED) is 0.562. The fraction of sp³-hybridized carbons (Fsp3) is 0.364. The Labute approximate surface area is 193 Å². The van der Waals surface area contributed by atoms with Crippen LogP contribution in [0, 0.1) is 5.92 Å². The Kier molecular flexibility index (Phi) is 6.78. The fourth-order valence-corrected chi connectivity index (χ4v) is 4.57. The highest BCUT2D eigenvalue weighted by molar-refractivity contribution is 7.10. The van der Waals surface area contributed by atoms with Gasteiger partial charge in [-0.15, -0.1) is 11.3 Å². The molecule has 4 heterocycles. The number of furan rings is 1. The lowest BCUT2D eigenvalue weighted by atomic mass is 10.0. The molecule has 0 aromatic carbocycles. The van der Waals surface area contributed by atoms with Crippen molar-refractivity contribution in [2.24, 2.45) is 5.92 Å². The van der Waals surface area contributed by atoms with Gasteiger partial charge in [-0.2, -0.15) is 0 Å². The molecular formula is C22H23N3O7S. The summed E-state index contributed by atoms with van der Waals surface area (Å²) in [6.07, 6.45) is 1.54. The molecule has 2 aromatic rings. The highest BCUT2D eigenvalue weighted by Crippen LogP contribution is 2.31. The van der Waals surface area contributed by atoms with Crippen LogP contribution in [0.2, 0.25) is 0 Å².